The number of carbonyl (C=O) groups excluding carboxylic acids is 3. The summed E-state index contributed by atoms with van der Waals surface area (Å²) in [6.07, 6.45) is 0. The summed E-state index contributed by atoms with van der Waals surface area (Å²) in [6.45, 7) is 1.84. The molecule has 0 atom stereocenters. The lowest BCUT2D eigenvalue weighted by molar-refractivity contribution is -0.254. The summed E-state index contributed by atoms with van der Waals surface area (Å²) in [4.78, 5) is 40.2. The van der Waals surface area contributed by atoms with Crippen LogP contribution in [0.25, 0.3) is 0 Å². The zero-order chi connectivity index (χ0) is 26.2. The standard InChI is InChI=1S/C28H28ClN3O5/c29-22-11-12-24(23(17-22)28(35)36)30-25(33)18-37-19-26(34)31-13-15-32(16-14-31)27(20-7-3-1-4-8-20)21-9-5-2-6-10-21/h1-12,17,27H,13-16,18-19H2,(H,30,33)(H,35,36)/p-1. The van der Waals surface area contributed by atoms with Gasteiger partial charge in [-0.05, 0) is 29.3 Å². The molecule has 0 bridgehead atoms. The number of carboxylic acid groups (broad SMARTS) is 1. The summed E-state index contributed by atoms with van der Waals surface area (Å²) < 4.78 is 5.31. The van der Waals surface area contributed by atoms with Crippen molar-refractivity contribution in [3.05, 3.63) is 101 Å². The maximum Gasteiger partial charge on any atom is 0.250 e. The largest absolute Gasteiger partial charge is 0.545 e. The van der Waals surface area contributed by atoms with Crippen molar-refractivity contribution < 1.29 is 24.2 Å². The van der Waals surface area contributed by atoms with E-state index in [1.807, 2.05) is 36.4 Å². The predicted molar refractivity (Wildman–Crippen MR) is 138 cm³/mol. The quantitative estimate of drug-likeness (QED) is 0.465. The molecule has 3 aromatic rings. The molecular formula is C28H27ClN3O5-. The number of aromatic carboxylic acids is 1. The van der Waals surface area contributed by atoms with Gasteiger partial charge in [0.05, 0.1) is 12.0 Å². The van der Waals surface area contributed by atoms with Crippen molar-refractivity contribution in [2.45, 2.75) is 6.04 Å². The van der Waals surface area contributed by atoms with Gasteiger partial charge in [-0.3, -0.25) is 14.5 Å². The van der Waals surface area contributed by atoms with Gasteiger partial charge in [0.15, 0.2) is 0 Å². The van der Waals surface area contributed by atoms with Crippen LogP contribution in [0.15, 0.2) is 78.9 Å². The zero-order valence-corrected chi connectivity index (χ0v) is 20.9. The van der Waals surface area contributed by atoms with Gasteiger partial charge in [0, 0.05) is 42.5 Å². The molecule has 2 amide bonds. The number of nitrogens with zero attached hydrogens (tertiary/aromatic N) is 2. The number of carbonyl (C=O) groups is 3. The SMILES string of the molecule is O=C(COCC(=O)N1CCN(C(c2ccccc2)c2ccccc2)CC1)Nc1ccc(Cl)cc1C(=O)[O-]. The topological polar surface area (TPSA) is 102 Å². The molecule has 0 aromatic heterocycles. The Labute approximate surface area is 220 Å². The number of piperazine rings is 1. The summed E-state index contributed by atoms with van der Waals surface area (Å²) in [5, 5.41) is 13.9. The Morgan fingerprint density at radius 3 is 2.03 bits per heavy atom. The van der Waals surface area contributed by atoms with E-state index in [1.165, 1.54) is 29.3 Å². The van der Waals surface area contributed by atoms with Gasteiger partial charge >= 0.3 is 0 Å². The number of rotatable bonds is 9. The molecule has 1 saturated heterocycles. The van der Waals surface area contributed by atoms with E-state index in [1.54, 1.807) is 4.90 Å². The summed E-state index contributed by atoms with van der Waals surface area (Å²) >= 11 is 5.80. The molecule has 4 rings (SSSR count). The molecule has 0 radical (unpaired) electrons. The third kappa shape index (κ3) is 6.95. The van der Waals surface area contributed by atoms with Gasteiger partial charge in [-0.2, -0.15) is 0 Å². The van der Waals surface area contributed by atoms with Crippen LogP contribution >= 0.6 is 11.6 Å². The van der Waals surface area contributed by atoms with Crippen molar-refractivity contribution in [3.63, 3.8) is 0 Å². The number of benzene rings is 3. The normalized spacial score (nSPS) is 13.9. The molecular weight excluding hydrogens is 494 g/mol. The van der Waals surface area contributed by atoms with Crippen molar-refractivity contribution in [2.24, 2.45) is 0 Å². The van der Waals surface area contributed by atoms with Crippen molar-refractivity contribution in [3.8, 4) is 0 Å². The second-order valence-electron chi connectivity index (χ2n) is 8.66. The molecule has 0 aliphatic carbocycles. The van der Waals surface area contributed by atoms with E-state index in [0.29, 0.717) is 26.2 Å². The molecule has 1 heterocycles. The first-order chi connectivity index (χ1) is 17.9. The number of amides is 2. The van der Waals surface area contributed by atoms with Gasteiger partial charge in [0.25, 0.3) is 0 Å². The Bertz CT molecular complexity index is 1190. The van der Waals surface area contributed by atoms with E-state index < -0.39 is 18.5 Å². The molecule has 9 heteroatoms. The second-order valence-corrected chi connectivity index (χ2v) is 9.10. The molecule has 1 aliphatic heterocycles. The Hall–Kier alpha value is -3.72. The maximum atomic E-state index is 12.7. The fourth-order valence-electron chi connectivity index (χ4n) is 4.42. The van der Waals surface area contributed by atoms with Crippen LogP contribution in [0, 0.1) is 0 Å². The van der Waals surface area contributed by atoms with Crippen LogP contribution in [-0.4, -0.2) is 67.0 Å². The van der Waals surface area contributed by atoms with Gasteiger partial charge in [-0.1, -0.05) is 72.3 Å². The van der Waals surface area contributed by atoms with Crippen LogP contribution < -0.4 is 10.4 Å². The van der Waals surface area contributed by atoms with E-state index in [-0.39, 0.29) is 34.8 Å². The molecule has 1 aliphatic rings. The van der Waals surface area contributed by atoms with Crippen LogP contribution in [0.2, 0.25) is 5.02 Å². The minimum absolute atomic E-state index is 0.0480. The summed E-state index contributed by atoms with van der Waals surface area (Å²) in [7, 11) is 0. The van der Waals surface area contributed by atoms with Gasteiger partial charge in [0.2, 0.25) is 11.8 Å². The first kappa shape index (κ1) is 26.3. The smallest absolute Gasteiger partial charge is 0.250 e. The molecule has 3 aromatic carbocycles. The van der Waals surface area contributed by atoms with Crippen LogP contribution in [-0.2, 0) is 14.3 Å². The molecule has 37 heavy (non-hydrogen) atoms. The van der Waals surface area contributed by atoms with Crippen molar-refractivity contribution in [1.82, 2.24) is 9.80 Å². The minimum Gasteiger partial charge on any atom is -0.545 e. The highest BCUT2D eigenvalue weighted by molar-refractivity contribution is 6.31. The zero-order valence-electron chi connectivity index (χ0n) is 20.1. The number of hydrogen-bond acceptors (Lipinski definition) is 6. The molecule has 8 nitrogen and oxygen atoms in total. The molecule has 0 unspecified atom stereocenters. The van der Waals surface area contributed by atoms with Gasteiger partial charge < -0.3 is 24.9 Å². The van der Waals surface area contributed by atoms with Gasteiger partial charge in [-0.15, -0.1) is 0 Å². The molecule has 0 spiro atoms. The highest BCUT2D eigenvalue weighted by Gasteiger charge is 2.28. The van der Waals surface area contributed by atoms with Crippen molar-refractivity contribution in [1.29, 1.82) is 0 Å². The van der Waals surface area contributed by atoms with Crippen LogP contribution in [0.5, 0.6) is 0 Å². The fraction of sp³-hybridized carbons (Fsp3) is 0.250. The molecule has 0 saturated carbocycles. The van der Waals surface area contributed by atoms with Gasteiger partial charge in [0.1, 0.15) is 13.2 Å². The summed E-state index contributed by atoms with van der Waals surface area (Å²) in [5.74, 6) is -2.25. The predicted octanol–water partition coefficient (Wildman–Crippen LogP) is 2.59. The Balaban J connectivity index is 1.27. The number of anilines is 1. The molecule has 1 N–H and O–H groups in total. The average Bonchev–Trinajstić information content (AvgIpc) is 2.91. The lowest BCUT2D eigenvalue weighted by Crippen LogP contribution is -2.50. The number of ether oxygens (including phenoxy) is 1. The second kappa shape index (κ2) is 12.5. The Morgan fingerprint density at radius 1 is 0.865 bits per heavy atom. The highest BCUT2D eigenvalue weighted by Crippen LogP contribution is 2.29. The van der Waals surface area contributed by atoms with E-state index in [2.05, 4.69) is 34.5 Å². The third-order valence-electron chi connectivity index (χ3n) is 6.20. The Morgan fingerprint density at radius 2 is 1.46 bits per heavy atom. The van der Waals surface area contributed by atoms with Gasteiger partial charge in [-0.25, -0.2) is 0 Å². The summed E-state index contributed by atoms with van der Waals surface area (Å²) in [5.41, 5.74) is 2.21. The number of nitrogens with one attached hydrogen (secondary N) is 1. The monoisotopic (exact) mass is 520 g/mol. The maximum absolute atomic E-state index is 12.7. The number of halogens is 1. The van der Waals surface area contributed by atoms with E-state index in [9.17, 15) is 19.5 Å². The van der Waals surface area contributed by atoms with E-state index in [0.717, 1.165) is 0 Å². The highest BCUT2D eigenvalue weighted by atomic mass is 35.5. The lowest BCUT2D eigenvalue weighted by Gasteiger charge is -2.39. The Kier molecular flexibility index (Phi) is 8.90. The average molecular weight is 521 g/mol. The number of hydrogen-bond donors (Lipinski definition) is 1. The van der Waals surface area contributed by atoms with Crippen molar-refractivity contribution in [2.75, 3.05) is 44.7 Å². The van der Waals surface area contributed by atoms with Crippen LogP contribution in [0.1, 0.15) is 27.5 Å². The molecule has 192 valence electrons. The van der Waals surface area contributed by atoms with Crippen molar-refractivity contribution >= 4 is 35.1 Å². The van der Waals surface area contributed by atoms with Crippen LogP contribution in [0.3, 0.4) is 0 Å². The third-order valence-corrected chi connectivity index (χ3v) is 6.43. The number of carboxylic acids is 1. The fourth-order valence-corrected chi connectivity index (χ4v) is 4.59. The summed E-state index contributed by atoms with van der Waals surface area (Å²) in [6, 6.07) is 24.7. The van der Waals surface area contributed by atoms with Crippen LogP contribution in [0.4, 0.5) is 5.69 Å². The first-order valence-electron chi connectivity index (χ1n) is 11.9. The first-order valence-corrected chi connectivity index (χ1v) is 12.3. The molecule has 1 fully saturated rings. The lowest BCUT2D eigenvalue weighted by atomic mass is 9.96. The minimum atomic E-state index is -1.46. The van der Waals surface area contributed by atoms with E-state index >= 15 is 0 Å². The van der Waals surface area contributed by atoms with E-state index in [4.69, 9.17) is 16.3 Å².